The molecule has 1 amide bonds. The third kappa shape index (κ3) is 4.33. The molecule has 0 saturated carbocycles. The highest BCUT2D eigenvalue weighted by molar-refractivity contribution is 6.52. The molecule has 3 aromatic rings. The second-order valence-corrected chi connectivity index (χ2v) is 8.05. The Morgan fingerprint density at radius 2 is 1.60 bits per heavy atom. The van der Waals surface area contributed by atoms with E-state index in [0.29, 0.717) is 40.7 Å². The van der Waals surface area contributed by atoms with Crippen LogP contribution in [0.5, 0.6) is 17.2 Å². The molecule has 7 heteroatoms. The molecule has 1 N–H and O–H groups in total. The van der Waals surface area contributed by atoms with Crippen LogP contribution in [0.3, 0.4) is 0 Å². The summed E-state index contributed by atoms with van der Waals surface area (Å²) in [7, 11) is 3.03. The van der Waals surface area contributed by atoms with Crippen molar-refractivity contribution in [3.63, 3.8) is 0 Å². The molecule has 1 heterocycles. The van der Waals surface area contributed by atoms with Crippen LogP contribution in [0.1, 0.15) is 29.7 Å². The average molecular weight is 474 g/mol. The van der Waals surface area contributed by atoms with E-state index in [9.17, 15) is 14.7 Å². The van der Waals surface area contributed by atoms with Gasteiger partial charge < -0.3 is 19.3 Å². The van der Waals surface area contributed by atoms with Crippen LogP contribution >= 0.6 is 0 Å². The predicted octanol–water partition coefficient (Wildman–Crippen LogP) is 5.04. The highest BCUT2D eigenvalue weighted by atomic mass is 16.5. The molecule has 4 rings (SSSR count). The van der Waals surface area contributed by atoms with Gasteiger partial charge in [0, 0.05) is 5.56 Å². The molecular formula is C28H27NO6. The molecule has 0 bridgehead atoms. The van der Waals surface area contributed by atoms with E-state index in [1.54, 1.807) is 54.6 Å². The zero-order chi connectivity index (χ0) is 25.1. The van der Waals surface area contributed by atoms with E-state index in [1.807, 2.05) is 26.0 Å². The summed E-state index contributed by atoms with van der Waals surface area (Å²) >= 11 is 0. The van der Waals surface area contributed by atoms with Crippen molar-refractivity contribution in [1.82, 2.24) is 0 Å². The zero-order valence-corrected chi connectivity index (χ0v) is 20.1. The molecule has 3 aromatic carbocycles. The van der Waals surface area contributed by atoms with Gasteiger partial charge in [-0.25, -0.2) is 0 Å². The summed E-state index contributed by atoms with van der Waals surface area (Å²) in [5.41, 5.74) is 2.42. The monoisotopic (exact) mass is 473 g/mol. The van der Waals surface area contributed by atoms with Gasteiger partial charge in [0.25, 0.3) is 11.7 Å². The number of amides is 1. The molecule has 35 heavy (non-hydrogen) atoms. The Bertz CT molecular complexity index is 1300. The summed E-state index contributed by atoms with van der Waals surface area (Å²) in [5.74, 6) is -0.390. The number of aliphatic hydroxyl groups excluding tert-OH is 1. The van der Waals surface area contributed by atoms with Crippen molar-refractivity contribution in [1.29, 1.82) is 0 Å². The minimum Gasteiger partial charge on any atom is -0.507 e. The van der Waals surface area contributed by atoms with Crippen LogP contribution in [0, 0.1) is 6.92 Å². The van der Waals surface area contributed by atoms with Gasteiger partial charge in [-0.1, -0.05) is 48.0 Å². The largest absolute Gasteiger partial charge is 0.507 e. The fourth-order valence-electron chi connectivity index (χ4n) is 4.22. The lowest BCUT2D eigenvalue weighted by molar-refractivity contribution is -0.132. The third-order valence-corrected chi connectivity index (χ3v) is 5.92. The quantitative estimate of drug-likeness (QED) is 0.294. The summed E-state index contributed by atoms with van der Waals surface area (Å²) < 4.78 is 16.6. The van der Waals surface area contributed by atoms with Gasteiger partial charge in [-0.3, -0.25) is 14.5 Å². The van der Waals surface area contributed by atoms with E-state index in [0.717, 1.165) is 5.56 Å². The SMILES string of the molecule is CCOc1cc(C2/C(=C(/O)c3ccc(C)cc3)C(=O)C(=O)N2c2ccccc2OC)ccc1OC. The Morgan fingerprint density at radius 1 is 0.914 bits per heavy atom. The minimum atomic E-state index is -0.919. The minimum absolute atomic E-state index is 0.0163. The number of hydrogen-bond acceptors (Lipinski definition) is 6. The topological polar surface area (TPSA) is 85.3 Å². The van der Waals surface area contributed by atoms with Crippen LogP contribution in [-0.4, -0.2) is 37.6 Å². The van der Waals surface area contributed by atoms with Gasteiger partial charge in [0.2, 0.25) is 0 Å². The maximum Gasteiger partial charge on any atom is 0.300 e. The molecule has 1 fully saturated rings. The Kier molecular flexibility index (Phi) is 6.78. The molecular weight excluding hydrogens is 446 g/mol. The number of nitrogens with zero attached hydrogens (tertiary/aromatic N) is 1. The van der Waals surface area contributed by atoms with Crippen LogP contribution in [-0.2, 0) is 9.59 Å². The molecule has 0 aromatic heterocycles. The van der Waals surface area contributed by atoms with Crippen molar-refractivity contribution >= 4 is 23.1 Å². The first-order valence-corrected chi connectivity index (χ1v) is 11.2. The Labute approximate surface area is 204 Å². The molecule has 1 saturated heterocycles. The number of methoxy groups -OCH3 is 2. The number of anilines is 1. The number of hydrogen-bond donors (Lipinski definition) is 1. The van der Waals surface area contributed by atoms with Crippen LogP contribution in [0.15, 0.2) is 72.3 Å². The summed E-state index contributed by atoms with van der Waals surface area (Å²) in [6, 6.07) is 18.3. The molecule has 0 aliphatic carbocycles. The molecule has 1 unspecified atom stereocenters. The molecule has 180 valence electrons. The summed E-state index contributed by atoms with van der Waals surface area (Å²) in [4.78, 5) is 28.2. The molecule has 1 atom stereocenters. The number of carbonyl (C=O) groups is 2. The van der Waals surface area contributed by atoms with Crippen molar-refractivity contribution in [2.24, 2.45) is 0 Å². The van der Waals surface area contributed by atoms with Crippen molar-refractivity contribution in [3.05, 3.63) is 89.0 Å². The highest BCUT2D eigenvalue weighted by Gasteiger charge is 2.48. The van der Waals surface area contributed by atoms with Gasteiger partial charge in [-0.05, 0) is 43.7 Å². The van der Waals surface area contributed by atoms with Gasteiger partial charge in [-0.2, -0.15) is 0 Å². The molecule has 1 aliphatic rings. The second-order valence-electron chi connectivity index (χ2n) is 8.05. The fourth-order valence-corrected chi connectivity index (χ4v) is 4.22. The number of Topliss-reactive ketones (excluding diaryl/α,β-unsaturated/α-hetero) is 1. The maximum absolute atomic E-state index is 13.4. The normalized spacial score (nSPS) is 16.9. The van der Waals surface area contributed by atoms with Crippen molar-refractivity contribution in [2.45, 2.75) is 19.9 Å². The standard InChI is InChI=1S/C28H27NO6/c1-5-35-23-16-19(14-15-22(23)34-4)25-24(26(30)18-12-10-17(2)11-13-18)27(31)28(32)29(25)20-8-6-7-9-21(20)33-3/h6-16,25,30H,5H2,1-4H3/b26-24-. The first kappa shape index (κ1) is 23.9. The summed E-state index contributed by atoms with van der Waals surface area (Å²) in [6.07, 6.45) is 0. The van der Waals surface area contributed by atoms with E-state index < -0.39 is 17.7 Å². The maximum atomic E-state index is 13.4. The zero-order valence-electron chi connectivity index (χ0n) is 20.1. The van der Waals surface area contributed by atoms with E-state index in [4.69, 9.17) is 14.2 Å². The number of benzene rings is 3. The van der Waals surface area contributed by atoms with Gasteiger partial charge in [0.05, 0.1) is 38.1 Å². The number of ether oxygens (including phenoxy) is 3. The fraction of sp³-hybridized carbons (Fsp3) is 0.214. The smallest absolute Gasteiger partial charge is 0.300 e. The number of aryl methyl sites for hydroxylation is 1. The van der Waals surface area contributed by atoms with Crippen molar-refractivity contribution in [2.75, 3.05) is 25.7 Å². The predicted molar refractivity (Wildman–Crippen MR) is 133 cm³/mol. The van der Waals surface area contributed by atoms with E-state index >= 15 is 0 Å². The van der Waals surface area contributed by atoms with E-state index in [2.05, 4.69) is 0 Å². The van der Waals surface area contributed by atoms with Crippen LogP contribution in [0.25, 0.3) is 5.76 Å². The van der Waals surface area contributed by atoms with Gasteiger partial charge >= 0.3 is 0 Å². The number of aliphatic hydroxyl groups is 1. The highest BCUT2D eigenvalue weighted by Crippen LogP contribution is 2.46. The van der Waals surface area contributed by atoms with Gasteiger partial charge in [0.15, 0.2) is 11.5 Å². The number of ketones is 1. The summed E-state index contributed by atoms with van der Waals surface area (Å²) in [5, 5.41) is 11.3. The lowest BCUT2D eigenvalue weighted by Crippen LogP contribution is -2.29. The molecule has 1 aliphatic heterocycles. The molecule has 7 nitrogen and oxygen atoms in total. The average Bonchev–Trinajstić information content (AvgIpc) is 3.14. The van der Waals surface area contributed by atoms with Gasteiger partial charge in [-0.15, -0.1) is 0 Å². The first-order chi connectivity index (χ1) is 16.9. The van der Waals surface area contributed by atoms with E-state index in [-0.39, 0.29) is 11.3 Å². The first-order valence-electron chi connectivity index (χ1n) is 11.2. The van der Waals surface area contributed by atoms with Crippen molar-refractivity contribution in [3.8, 4) is 17.2 Å². The number of rotatable bonds is 7. The van der Waals surface area contributed by atoms with E-state index in [1.165, 1.54) is 19.1 Å². The van der Waals surface area contributed by atoms with Crippen LogP contribution in [0.4, 0.5) is 5.69 Å². The summed E-state index contributed by atoms with van der Waals surface area (Å²) in [6.45, 7) is 4.18. The molecule has 0 spiro atoms. The lowest BCUT2D eigenvalue weighted by atomic mass is 9.94. The van der Waals surface area contributed by atoms with Crippen LogP contribution < -0.4 is 19.1 Å². The number of carbonyl (C=O) groups excluding carboxylic acids is 2. The van der Waals surface area contributed by atoms with Crippen molar-refractivity contribution < 1.29 is 28.9 Å². The second kappa shape index (κ2) is 9.93. The Balaban J connectivity index is 1.98. The molecule has 0 radical (unpaired) electrons. The lowest BCUT2D eigenvalue weighted by Gasteiger charge is -2.27. The van der Waals surface area contributed by atoms with Crippen LogP contribution in [0.2, 0.25) is 0 Å². The third-order valence-electron chi connectivity index (χ3n) is 5.92. The van der Waals surface area contributed by atoms with Gasteiger partial charge in [0.1, 0.15) is 11.5 Å². The number of para-hydroxylation sites is 2. The Morgan fingerprint density at radius 3 is 2.26 bits per heavy atom. The Hall–Kier alpha value is -4.26.